The molecule has 2 aromatic rings. The van der Waals surface area contributed by atoms with Crippen molar-refractivity contribution in [1.82, 2.24) is 15.3 Å². The molecule has 1 unspecified atom stereocenters. The number of aryl methyl sites for hydroxylation is 2. The van der Waals surface area contributed by atoms with Crippen LogP contribution in [0.3, 0.4) is 0 Å². The van der Waals surface area contributed by atoms with Gasteiger partial charge in [0.1, 0.15) is 5.82 Å². The molecule has 0 bridgehead atoms. The van der Waals surface area contributed by atoms with Crippen molar-refractivity contribution in [2.24, 2.45) is 0 Å². The fraction of sp³-hybridized carbons (Fsp3) is 0.375. The van der Waals surface area contributed by atoms with Crippen LogP contribution in [0.2, 0.25) is 0 Å². The van der Waals surface area contributed by atoms with Gasteiger partial charge in [0.2, 0.25) is 0 Å². The zero-order valence-corrected chi connectivity index (χ0v) is 11.9. The molecule has 0 spiro atoms. The molecule has 19 heavy (non-hydrogen) atoms. The molecule has 100 valence electrons. The van der Waals surface area contributed by atoms with Gasteiger partial charge in [-0.3, -0.25) is 0 Å². The second-order valence-electron chi connectivity index (χ2n) is 4.92. The normalized spacial score (nSPS) is 12.4. The van der Waals surface area contributed by atoms with Crippen molar-refractivity contribution in [1.29, 1.82) is 0 Å². The molecular formula is C16H21N3. The highest BCUT2D eigenvalue weighted by atomic mass is 15.0. The van der Waals surface area contributed by atoms with Gasteiger partial charge in [-0.05, 0) is 37.9 Å². The minimum atomic E-state index is 0.0705. The zero-order valence-electron chi connectivity index (χ0n) is 11.9. The first kappa shape index (κ1) is 13.7. The average Bonchev–Trinajstić information content (AvgIpc) is 2.43. The number of rotatable bonds is 5. The quantitative estimate of drug-likeness (QED) is 0.891. The summed E-state index contributed by atoms with van der Waals surface area (Å²) in [5, 5.41) is 3.52. The van der Waals surface area contributed by atoms with Crippen LogP contribution in [-0.2, 0) is 0 Å². The summed E-state index contributed by atoms with van der Waals surface area (Å²) >= 11 is 0. The average molecular weight is 255 g/mol. The van der Waals surface area contributed by atoms with Crippen LogP contribution in [0.15, 0.2) is 36.7 Å². The summed E-state index contributed by atoms with van der Waals surface area (Å²) in [5.74, 6) is 0.836. The molecule has 0 saturated carbocycles. The van der Waals surface area contributed by atoms with Gasteiger partial charge in [0.05, 0.1) is 6.04 Å². The Kier molecular flexibility index (Phi) is 4.63. The van der Waals surface area contributed by atoms with Crippen LogP contribution in [0.4, 0.5) is 0 Å². The Balaban J connectivity index is 2.29. The van der Waals surface area contributed by atoms with Gasteiger partial charge in [0.25, 0.3) is 0 Å². The maximum Gasteiger partial charge on any atom is 0.149 e. The molecule has 1 heterocycles. The highest BCUT2D eigenvalue weighted by Gasteiger charge is 2.15. The number of benzene rings is 1. The van der Waals surface area contributed by atoms with Crippen molar-refractivity contribution >= 4 is 0 Å². The first-order valence-corrected chi connectivity index (χ1v) is 6.79. The monoisotopic (exact) mass is 255 g/mol. The summed E-state index contributed by atoms with van der Waals surface area (Å²) in [4.78, 5) is 8.91. The first-order chi connectivity index (χ1) is 9.20. The molecule has 2 rings (SSSR count). The highest BCUT2D eigenvalue weighted by molar-refractivity contribution is 5.28. The standard InChI is InChI=1S/C16H21N3/c1-4-9-17-15(14-7-5-12(2)6-8-14)16-18-10-13(3)11-19-16/h5-8,10-11,15,17H,4,9H2,1-3H3. The molecule has 1 atom stereocenters. The van der Waals surface area contributed by atoms with E-state index in [0.717, 1.165) is 24.4 Å². The fourth-order valence-electron chi connectivity index (χ4n) is 1.96. The predicted octanol–water partition coefficient (Wildman–Crippen LogP) is 3.18. The van der Waals surface area contributed by atoms with E-state index in [1.165, 1.54) is 11.1 Å². The summed E-state index contributed by atoms with van der Waals surface area (Å²) in [7, 11) is 0. The van der Waals surface area contributed by atoms with Gasteiger partial charge in [0.15, 0.2) is 0 Å². The lowest BCUT2D eigenvalue weighted by atomic mass is 10.0. The maximum atomic E-state index is 4.46. The molecule has 0 fully saturated rings. The van der Waals surface area contributed by atoms with Crippen LogP contribution in [0.5, 0.6) is 0 Å². The molecular weight excluding hydrogens is 234 g/mol. The summed E-state index contributed by atoms with van der Waals surface area (Å²) in [6.07, 6.45) is 4.84. The molecule has 3 nitrogen and oxygen atoms in total. The van der Waals surface area contributed by atoms with Crippen LogP contribution in [0.25, 0.3) is 0 Å². The van der Waals surface area contributed by atoms with Gasteiger partial charge in [0, 0.05) is 12.4 Å². The lowest BCUT2D eigenvalue weighted by molar-refractivity contribution is 0.571. The number of hydrogen-bond donors (Lipinski definition) is 1. The van der Waals surface area contributed by atoms with Gasteiger partial charge in [-0.2, -0.15) is 0 Å². The van der Waals surface area contributed by atoms with E-state index in [-0.39, 0.29) is 6.04 Å². The number of nitrogens with one attached hydrogen (secondary N) is 1. The van der Waals surface area contributed by atoms with E-state index >= 15 is 0 Å². The largest absolute Gasteiger partial charge is 0.304 e. The molecule has 1 aromatic heterocycles. The second kappa shape index (κ2) is 6.43. The molecule has 0 aliphatic rings. The maximum absolute atomic E-state index is 4.46. The number of nitrogens with zero attached hydrogens (tertiary/aromatic N) is 2. The Labute approximate surface area is 115 Å². The van der Waals surface area contributed by atoms with Crippen LogP contribution < -0.4 is 5.32 Å². The van der Waals surface area contributed by atoms with E-state index in [0.29, 0.717) is 0 Å². The van der Waals surface area contributed by atoms with Gasteiger partial charge in [-0.1, -0.05) is 36.8 Å². The molecule has 1 N–H and O–H groups in total. The first-order valence-electron chi connectivity index (χ1n) is 6.79. The molecule has 0 aliphatic heterocycles. The smallest absolute Gasteiger partial charge is 0.149 e. The van der Waals surface area contributed by atoms with E-state index in [9.17, 15) is 0 Å². The van der Waals surface area contributed by atoms with Gasteiger partial charge in [-0.15, -0.1) is 0 Å². The summed E-state index contributed by atoms with van der Waals surface area (Å²) in [5.41, 5.74) is 3.56. The predicted molar refractivity (Wildman–Crippen MR) is 78.1 cm³/mol. The lowest BCUT2D eigenvalue weighted by Crippen LogP contribution is -2.25. The minimum absolute atomic E-state index is 0.0705. The topological polar surface area (TPSA) is 37.8 Å². The van der Waals surface area contributed by atoms with Crippen LogP contribution in [-0.4, -0.2) is 16.5 Å². The highest BCUT2D eigenvalue weighted by Crippen LogP contribution is 2.19. The minimum Gasteiger partial charge on any atom is -0.304 e. The molecule has 3 heteroatoms. The van der Waals surface area contributed by atoms with Crippen molar-refractivity contribution in [3.63, 3.8) is 0 Å². The number of hydrogen-bond acceptors (Lipinski definition) is 3. The summed E-state index contributed by atoms with van der Waals surface area (Å²) in [6, 6.07) is 8.62. The van der Waals surface area contributed by atoms with Crippen molar-refractivity contribution in [2.75, 3.05) is 6.54 Å². The molecule has 1 aromatic carbocycles. The second-order valence-corrected chi connectivity index (χ2v) is 4.92. The Morgan fingerprint density at radius 2 is 1.63 bits per heavy atom. The molecule has 0 amide bonds. The van der Waals surface area contributed by atoms with E-state index in [1.54, 1.807) is 0 Å². The summed E-state index contributed by atoms with van der Waals surface area (Å²) < 4.78 is 0. The zero-order chi connectivity index (χ0) is 13.7. The van der Waals surface area contributed by atoms with Crippen molar-refractivity contribution < 1.29 is 0 Å². The Bertz CT molecular complexity index is 457. The SMILES string of the molecule is CCCNC(c1ccc(C)cc1)c1ncc(C)cn1. The number of aromatic nitrogens is 2. The van der Waals surface area contributed by atoms with E-state index in [1.807, 2.05) is 19.3 Å². The van der Waals surface area contributed by atoms with Gasteiger partial charge >= 0.3 is 0 Å². The third-order valence-electron chi connectivity index (χ3n) is 3.07. The van der Waals surface area contributed by atoms with E-state index < -0.39 is 0 Å². The molecule has 0 radical (unpaired) electrons. The summed E-state index contributed by atoms with van der Waals surface area (Å²) in [6.45, 7) is 7.22. The van der Waals surface area contributed by atoms with Crippen molar-refractivity contribution in [2.45, 2.75) is 33.2 Å². The Hall–Kier alpha value is -1.74. The third-order valence-corrected chi connectivity index (χ3v) is 3.07. The van der Waals surface area contributed by atoms with Crippen LogP contribution in [0.1, 0.15) is 41.9 Å². The van der Waals surface area contributed by atoms with E-state index in [4.69, 9.17) is 0 Å². The lowest BCUT2D eigenvalue weighted by Gasteiger charge is -2.17. The molecule has 0 aliphatic carbocycles. The van der Waals surface area contributed by atoms with Gasteiger partial charge < -0.3 is 5.32 Å². The van der Waals surface area contributed by atoms with Crippen LogP contribution >= 0.6 is 0 Å². The third kappa shape index (κ3) is 3.61. The molecule has 0 saturated heterocycles. The van der Waals surface area contributed by atoms with Gasteiger partial charge in [-0.25, -0.2) is 9.97 Å². The Morgan fingerprint density at radius 1 is 1.00 bits per heavy atom. The van der Waals surface area contributed by atoms with Crippen LogP contribution in [0, 0.1) is 13.8 Å². The van der Waals surface area contributed by atoms with E-state index in [2.05, 4.69) is 53.4 Å². The van der Waals surface area contributed by atoms with Crippen molar-refractivity contribution in [3.05, 3.63) is 59.2 Å². The fourth-order valence-corrected chi connectivity index (χ4v) is 1.96. The Morgan fingerprint density at radius 3 is 2.21 bits per heavy atom. The van der Waals surface area contributed by atoms with Crippen molar-refractivity contribution in [3.8, 4) is 0 Å².